The number of rotatable bonds is 3. The number of ether oxygens (including phenoxy) is 1. The molecule has 3 rings (SSSR count). The molecule has 2 atom stereocenters. The molecule has 1 saturated heterocycles. The summed E-state index contributed by atoms with van der Waals surface area (Å²) in [7, 11) is 3.06. The van der Waals surface area contributed by atoms with Gasteiger partial charge in [0.2, 0.25) is 5.91 Å². The number of benzene rings is 2. The van der Waals surface area contributed by atoms with Crippen LogP contribution in [-0.4, -0.2) is 37.0 Å². The molecule has 1 aliphatic rings. The first-order valence-electron chi connectivity index (χ1n) is 8.47. The second-order valence-corrected chi connectivity index (χ2v) is 6.62. The van der Waals surface area contributed by atoms with Crippen LogP contribution < -0.4 is 11.1 Å². The van der Waals surface area contributed by atoms with Crippen LogP contribution in [-0.2, 0) is 15.3 Å². The van der Waals surface area contributed by atoms with Crippen LogP contribution in [0.1, 0.15) is 29.3 Å². The van der Waals surface area contributed by atoms with E-state index in [2.05, 4.69) is 5.32 Å². The van der Waals surface area contributed by atoms with Crippen LogP contribution in [0, 0.1) is 0 Å². The first-order chi connectivity index (χ1) is 12.3. The standard InChI is InChI=1S/C20H23N3O3/c1-13-11-18(24)23(2)20(21,22-13)17-6-4-5-16(12-17)14-7-9-15(10-8-14)19(25)26-3/h4-10,12-13,22H,11,21H2,1-3H3. The molecule has 0 bridgehead atoms. The van der Waals surface area contributed by atoms with E-state index in [4.69, 9.17) is 10.5 Å². The number of hydrogen-bond donors (Lipinski definition) is 2. The van der Waals surface area contributed by atoms with E-state index in [0.717, 1.165) is 16.7 Å². The van der Waals surface area contributed by atoms with Gasteiger partial charge in [-0.15, -0.1) is 0 Å². The van der Waals surface area contributed by atoms with Crippen molar-refractivity contribution in [3.8, 4) is 11.1 Å². The fraction of sp³-hybridized carbons (Fsp3) is 0.300. The zero-order valence-corrected chi connectivity index (χ0v) is 15.2. The molecule has 2 aromatic carbocycles. The topological polar surface area (TPSA) is 84.7 Å². The molecule has 3 N–H and O–H groups in total. The summed E-state index contributed by atoms with van der Waals surface area (Å²) < 4.78 is 4.72. The average Bonchev–Trinajstić information content (AvgIpc) is 2.65. The number of nitrogens with zero attached hydrogens (tertiary/aromatic N) is 1. The van der Waals surface area contributed by atoms with E-state index in [-0.39, 0.29) is 17.9 Å². The SMILES string of the molecule is COC(=O)c1ccc(-c2cccc(C3(N)NC(C)CC(=O)N3C)c2)cc1. The Kier molecular flexibility index (Phi) is 4.80. The number of carbonyl (C=O) groups excluding carboxylic acids is 2. The third-order valence-electron chi connectivity index (χ3n) is 4.79. The fourth-order valence-corrected chi connectivity index (χ4v) is 3.25. The lowest BCUT2D eigenvalue weighted by Crippen LogP contribution is -2.68. The van der Waals surface area contributed by atoms with Crippen molar-refractivity contribution in [2.75, 3.05) is 14.2 Å². The maximum Gasteiger partial charge on any atom is 0.337 e. The average molecular weight is 353 g/mol. The summed E-state index contributed by atoms with van der Waals surface area (Å²) in [5.74, 6) is -1.42. The highest BCUT2D eigenvalue weighted by Crippen LogP contribution is 2.29. The van der Waals surface area contributed by atoms with Crippen LogP contribution >= 0.6 is 0 Å². The lowest BCUT2D eigenvalue weighted by Gasteiger charge is -2.45. The molecule has 6 heteroatoms. The molecule has 26 heavy (non-hydrogen) atoms. The number of nitrogens with one attached hydrogen (secondary N) is 1. The van der Waals surface area contributed by atoms with Gasteiger partial charge in [-0.1, -0.05) is 30.3 Å². The van der Waals surface area contributed by atoms with Crippen molar-refractivity contribution < 1.29 is 14.3 Å². The lowest BCUT2D eigenvalue weighted by atomic mass is 9.96. The third kappa shape index (κ3) is 3.21. The molecule has 136 valence electrons. The van der Waals surface area contributed by atoms with Crippen molar-refractivity contribution in [2.24, 2.45) is 5.73 Å². The van der Waals surface area contributed by atoms with E-state index < -0.39 is 5.79 Å². The van der Waals surface area contributed by atoms with Crippen LogP contribution in [0.25, 0.3) is 11.1 Å². The van der Waals surface area contributed by atoms with Gasteiger partial charge in [-0.25, -0.2) is 4.79 Å². The molecule has 1 fully saturated rings. The number of esters is 1. The molecule has 1 aliphatic heterocycles. The van der Waals surface area contributed by atoms with E-state index in [9.17, 15) is 9.59 Å². The number of carbonyl (C=O) groups is 2. The van der Waals surface area contributed by atoms with E-state index >= 15 is 0 Å². The molecule has 2 unspecified atom stereocenters. The van der Waals surface area contributed by atoms with Crippen molar-refractivity contribution in [1.82, 2.24) is 10.2 Å². The monoisotopic (exact) mass is 353 g/mol. The van der Waals surface area contributed by atoms with Gasteiger partial charge in [0, 0.05) is 25.1 Å². The van der Waals surface area contributed by atoms with Gasteiger partial charge >= 0.3 is 5.97 Å². The molecule has 0 aromatic heterocycles. The van der Waals surface area contributed by atoms with Gasteiger partial charge < -0.3 is 9.64 Å². The quantitative estimate of drug-likeness (QED) is 0.825. The van der Waals surface area contributed by atoms with Crippen molar-refractivity contribution in [2.45, 2.75) is 25.2 Å². The third-order valence-corrected chi connectivity index (χ3v) is 4.79. The Morgan fingerprint density at radius 3 is 2.58 bits per heavy atom. The zero-order valence-electron chi connectivity index (χ0n) is 15.2. The summed E-state index contributed by atoms with van der Waals surface area (Å²) in [4.78, 5) is 25.4. The summed E-state index contributed by atoms with van der Waals surface area (Å²) >= 11 is 0. The summed E-state index contributed by atoms with van der Waals surface area (Å²) in [6.45, 7) is 1.95. The number of hydrogen-bond acceptors (Lipinski definition) is 5. The first-order valence-corrected chi connectivity index (χ1v) is 8.47. The predicted octanol–water partition coefficient (Wildman–Crippen LogP) is 2.05. The van der Waals surface area contributed by atoms with E-state index in [1.807, 2.05) is 43.3 Å². The van der Waals surface area contributed by atoms with Crippen molar-refractivity contribution in [3.05, 3.63) is 59.7 Å². The molecule has 1 heterocycles. The smallest absolute Gasteiger partial charge is 0.337 e. The number of amides is 1. The van der Waals surface area contributed by atoms with Crippen molar-refractivity contribution in [3.63, 3.8) is 0 Å². The molecule has 0 radical (unpaired) electrons. The van der Waals surface area contributed by atoms with Crippen LogP contribution in [0.4, 0.5) is 0 Å². The second-order valence-electron chi connectivity index (χ2n) is 6.62. The predicted molar refractivity (Wildman–Crippen MR) is 99.1 cm³/mol. The molecule has 0 aliphatic carbocycles. The van der Waals surface area contributed by atoms with Gasteiger partial charge in [-0.2, -0.15) is 0 Å². The maximum absolute atomic E-state index is 12.2. The summed E-state index contributed by atoms with van der Waals surface area (Å²) in [6, 6.07) is 14.9. The molecule has 0 spiro atoms. The minimum Gasteiger partial charge on any atom is -0.465 e. The fourth-order valence-electron chi connectivity index (χ4n) is 3.25. The zero-order chi connectivity index (χ0) is 18.9. The summed E-state index contributed by atoms with van der Waals surface area (Å²) in [5.41, 5.74) is 9.76. The largest absolute Gasteiger partial charge is 0.465 e. The highest BCUT2D eigenvalue weighted by Gasteiger charge is 2.40. The van der Waals surface area contributed by atoms with Gasteiger partial charge in [-0.3, -0.25) is 15.8 Å². The van der Waals surface area contributed by atoms with E-state index in [1.165, 1.54) is 7.11 Å². The van der Waals surface area contributed by atoms with Gasteiger partial charge in [0.05, 0.1) is 12.7 Å². The van der Waals surface area contributed by atoms with Gasteiger partial charge in [0.15, 0.2) is 5.79 Å². The Labute approximate surface area is 152 Å². The van der Waals surface area contributed by atoms with Gasteiger partial charge in [0.25, 0.3) is 0 Å². The molecular weight excluding hydrogens is 330 g/mol. The van der Waals surface area contributed by atoms with Crippen LogP contribution in [0.2, 0.25) is 0 Å². The maximum atomic E-state index is 12.2. The molecule has 2 aromatic rings. The summed E-state index contributed by atoms with van der Waals surface area (Å²) in [6.07, 6.45) is 0.421. The van der Waals surface area contributed by atoms with Crippen LogP contribution in [0.5, 0.6) is 0 Å². The Bertz CT molecular complexity index is 834. The first kappa shape index (κ1) is 18.1. The Balaban J connectivity index is 1.95. The second kappa shape index (κ2) is 6.90. The molecule has 1 amide bonds. The Morgan fingerprint density at radius 2 is 1.92 bits per heavy atom. The number of methoxy groups -OCH3 is 1. The van der Waals surface area contributed by atoms with Crippen molar-refractivity contribution in [1.29, 1.82) is 0 Å². The van der Waals surface area contributed by atoms with Gasteiger partial charge in [-0.05, 0) is 36.2 Å². The minimum atomic E-state index is -1.06. The Morgan fingerprint density at radius 1 is 1.23 bits per heavy atom. The highest BCUT2D eigenvalue weighted by molar-refractivity contribution is 5.90. The highest BCUT2D eigenvalue weighted by atomic mass is 16.5. The van der Waals surface area contributed by atoms with Crippen LogP contribution in [0.3, 0.4) is 0 Å². The number of nitrogens with two attached hydrogens (primary N) is 1. The summed E-state index contributed by atoms with van der Waals surface area (Å²) in [5, 5.41) is 3.32. The normalized spacial score (nSPS) is 23.0. The van der Waals surface area contributed by atoms with Gasteiger partial charge in [0.1, 0.15) is 0 Å². The van der Waals surface area contributed by atoms with E-state index in [0.29, 0.717) is 12.0 Å². The van der Waals surface area contributed by atoms with Crippen LogP contribution in [0.15, 0.2) is 48.5 Å². The lowest BCUT2D eigenvalue weighted by molar-refractivity contribution is -0.143. The molecule has 0 saturated carbocycles. The minimum absolute atomic E-state index is 0.00610. The van der Waals surface area contributed by atoms with Crippen molar-refractivity contribution >= 4 is 11.9 Å². The Hall–Kier alpha value is -2.70. The molecule has 6 nitrogen and oxygen atoms in total. The molecular formula is C20H23N3O3. The van der Waals surface area contributed by atoms with E-state index in [1.54, 1.807) is 24.1 Å².